The maximum absolute atomic E-state index is 5.11. The maximum atomic E-state index is 5.11. The highest BCUT2D eigenvalue weighted by atomic mass is 16.5. The van der Waals surface area contributed by atoms with Gasteiger partial charge in [-0.3, -0.25) is 0 Å². The molecule has 70 valence electrons. The largest absolute Gasteiger partial charge is 0.377 e. The number of rotatable bonds is 0. The summed E-state index contributed by atoms with van der Waals surface area (Å²) in [7, 11) is 0. The van der Waals surface area contributed by atoms with Gasteiger partial charge in [0, 0.05) is 0 Å². The first-order chi connectivity index (χ1) is 6.39. The first-order valence-corrected chi connectivity index (χ1v) is 4.63. The highest BCUT2D eigenvalue weighted by Gasteiger charge is 1.94. The second-order valence-electron chi connectivity index (χ2n) is 3.05. The van der Waals surface area contributed by atoms with Crippen LogP contribution < -0.4 is 0 Å². The lowest BCUT2D eigenvalue weighted by Crippen LogP contribution is -2.02. The van der Waals surface area contributed by atoms with Crippen molar-refractivity contribution in [2.45, 2.75) is 13.3 Å². The van der Waals surface area contributed by atoms with Crippen LogP contribution in [0.2, 0.25) is 0 Å². The van der Waals surface area contributed by atoms with Gasteiger partial charge in [0.15, 0.2) is 0 Å². The molecule has 0 saturated carbocycles. The van der Waals surface area contributed by atoms with Crippen molar-refractivity contribution in [3.8, 4) is 0 Å². The average molecular weight is 176 g/mol. The maximum Gasteiger partial charge on any atom is 0.0674 e. The van der Waals surface area contributed by atoms with E-state index in [9.17, 15) is 0 Å². The van der Waals surface area contributed by atoms with E-state index in [-0.39, 0.29) is 0 Å². The van der Waals surface area contributed by atoms with Crippen LogP contribution in [0.1, 0.15) is 13.3 Å². The summed E-state index contributed by atoms with van der Waals surface area (Å²) < 4.78 is 5.11. The first-order valence-electron chi connectivity index (χ1n) is 4.63. The topological polar surface area (TPSA) is 9.23 Å². The Morgan fingerprint density at radius 1 is 1.00 bits per heavy atom. The Hall–Kier alpha value is -1.08. The third-order valence-corrected chi connectivity index (χ3v) is 1.75. The van der Waals surface area contributed by atoms with Crippen LogP contribution in [0.5, 0.6) is 0 Å². The lowest BCUT2D eigenvalue weighted by molar-refractivity contribution is 0.150. The van der Waals surface area contributed by atoms with Gasteiger partial charge in [-0.15, -0.1) is 0 Å². The van der Waals surface area contributed by atoms with Crippen LogP contribution in [0, 0.1) is 0 Å². The van der Waals surface area contributed by atoms with E-state index in [4.69, 9.17) is 4.74 Å². The monoisotopic (exact) mass is 176 g/mol. The zero-order valence-electron chi connectivity index (χ0n) is 8.07. The molecule has 0 atom stereocenters. The van der Waals surface area contributed by atoms with E-state index in [1.165, 1.54) is 5.57 Å². The second kappa shape index (κ2) is 6.44. The van der Waals surface area contributed by atoms with Gasteiger partial charge in [0.25, 0.3) is 0 Å². The molecule has 0 aromatic heterocycles. The summed E-state index contributed by atoms with van der Waals surface area (Å²) in [4.78, 5) is 0. The lowest BCUT2D eigenvalue weighted by atomic mass is 10.2. The molecule has 1 aliphatic heterocycles. The molecule has 0 radical (unpaired) electrons. The van der Waals surface area contributed by atoms with E-state index >= 15 is 0 Å². The summed E-state index contributed by atoms with van der Waals surface area (Å²) in [6.07, 6.45) is 3.33. The zero-order chi connectivity index (χ0) is 9.36. The molecule has 1 nitrogen and oxygen atoms in total. The number of benzene rings is 1. The summed E-state index contributed by atoms with van der Waals surface area (Å²) in [6.45, 7) is 3.86. The predicted octanol–water partition coefficient (Wildman–Crippen LogP) is 3.04. The normalized spacial score (nSPS) is 15.3. The summed E-state index contributed by atoms with van der Waals surface area (Å²) in [5.41, 5.74) is 1.37. The van der Waals surface area contributed by atoms with E-state index in [0.717, 1.165) is 19.6 Å². The first kappa shape index (κ1) is 10.0. The fourth-order valence-electron chi connectivity index (χ4n) is 1.07. The Kier molecular flexibility index (Phi) is 4.95. The lowest BCUT2D eigenvalue weighted by Gasteiger charge is -2.07. The van der Waals surface area contributed by atoms with Gasteiger partial charge in [-0.2, -0.15) is 0 Å². The molecule has 1 aliphatic rings. The predicted molar refractivity (Wildman–Crippen MR) is 55.6 cm³/mol. The van der Waals surface area contributed by atoms with E-state index < -0.39 is 0 Å². The molecule has 0 N–H and O–H groups in total. The number of hydrogen-bond donors (Lipinski definition) is 0. The van der Waals surface area contributed by atoms with E-state index in [1.807, 2.05) is 36.4 Å². The fourth-order valence-corrected chi connectivity index (χ4v) is 1.07. The summed E-state index contributed by atoms with van der Waals surface area (Å²) in [6, 6.07) is 12.0. The standard InChI is InChI=1S/C6H10O.C6H6/c1-6-3-2-4-7-5-6;1-2-4-6-5-3-1/h3H,2,4-5H2,1H3;1-6H. The van der Waals surface area contributed by atoms with Gasteiger partial charge in [-0.05, 0) is 13.3 Å². The molecule has 2 rings (SSSR count). The van der Waals surface area contributed by atoms with E-state index in [2.05, 4.69) is 13.0 Å². The molecule has 1 aromatic rings. The Bertz CT molecular complexity index is 212. The summed E-state index contributed by atoms with van der Waals surface area (Å²) in [5, 5.41) is 0. The van der Waals surface area contributed by atoms with Gasteiger partial charge >= 0.3 is 0 Å². The van der Waals surface area contributed by atoms with E-state index in [0.29, 0.717) is 0 Å². The Labute approximate surface area is 80.0 Å². The highest BCUT2D eigenvalue weighted by molar-refractivity contribution is 5.00. The Morgan fingerprint density at radius 3 is 1.77 bits per heavy atom. The Balaban J connectivity index is 0.000000132. The minimum absolute atomic E-state index is 0.847. The van der Waals surface area contributed by atoms with Crippen molar-refractivity contribution >= 4 is 0 Å². The van der Waals surface area contributed by atoms with Gasteiger partial charge in [0.2, 0.25) is 0 Å². The van der Waals surface area contributed by atoms with Crippen LogP contribution in [-0.2, 0) is 4.74 Å². The molecule has 0 unspecified atom stereocenters. The molecule has 1 aromatic carbocycles. The molecule has 0 aliphatic carbocycles. The molecule has 0 fully saturated rings. The van der Waals surface area contributed by atoms with Crippen molar-refractivity contribution < 1.29 is 4.74 Å². The highest BCUT2D eigenvalue weighted by Crippen LogP contribution is 2.02. The molecular formula is C12H16O. The fraction of sp³-hybridized carbons (Fsp3) is 0.333. The van der Waals surface area contributed by atoms with Gasteiger partial charge < -0.3 is 4.74 Å². The molecule has 1 heteroatoms. The van der Waals surface area contributed by atoms with Crippen LogP contribution in [-0.4, -0.2) is 13.2 Å². The van der Waals surface area contributed by atoms with Crippen LogP contribution in [0.25, 0.3) is 0 Å². The molecule has 0 saturated heterocycles. The molecular weight excluding hydrogens is 160 g/mol. The van der Waals surface area contributed by atoms with Gasteiger partial charge in [0.1, 0.15) is 0 Å². The molecule has 0 bridgehead atoms. The molecule has 0 amide bonds. The number of ether oxygens (including phenoxy) is 1. The van der Waals surface area contributed by atoms with Crippen molar-refractivity contribution in [2.24, 2.45) is 0 Å². The minimum atomic E-state index is 0.847. The van der Waals surface area contributed by atoms with Crippen LogP contribution >= 0.6 is 0 Å². The van der Waals surface area contributed by atoms with Crippen LogP contribution in [0.15, 0.2) is 48.0 Å². The SMILES string of the molecule is CC1=CCCOC1.c1ccccc1. The van der Waals surface area contributed by atoms with Gasteiger partial charge in [-0.1, -0.05) is 48.0 Å². The molecule has 1 heterocycles. The minimum Gasteiger partial charge on any atom is -0.377 e. The smallest absolute Gasteiger partial charge is 0.0674 e. The molecule has 0 spiro atoms. The van der Waals surface area contributed by atoms with Crippen LogP contribution in [0.4, 0.5) is 0 Å². The van der Waals surface area contributed by atoms with Crippen molar-refractivity contribution in [2.75, 3.05) is 13.2 Å². The quantitative estimate of drug-likeness (QED) is 0.552. The van der Waals surface area contributed by atoms with Crippen molar-refractivity contribution in [1.82, 2.24) is 0 Å². The average Bonchev–Trinajstić information content (AvgIpc) is 2.22. The third-order valence-electron chi connectivity index (χ3n) is 1.75. The van der Waals surface area contributed by atoms with Gasteiger partial charge in [-0.25, -0.2) is 0 Å². The number of hydrogen-bond acceptors (Lipinski definition) is 1. The Morgan fingerprint density at radius 2 is 1.54 bits per heavy atom. The van der Waals surface area contributed by atoms with Crippen molar-refractivity contribution in [3.63, 3.8) is 0 Å². The summed E-state index contributed by atoms with van der Waals surface area (Å²) in [5.74, 6) is 0. The zero-order valence-corrected chi connectivity index (χ0v) is 8.07. The molecule has 13 heavy (non-hydrogen) atoms. The van der Waals surface area contributed by atoms with E-state index in [1.54, 1.807) is 0 Å². The van der Waals surface area contributed by atoms with Gasteiger partial charge in [0.05, 0.1) is 13.2 Å². The third kappa shape index (κ3) is 5.21. The van der Waals surface area contributed by atoms with Crippen molar-refractivity contribution in [3.05, 3.63) is 48.0 Å². The van der Waals surface area contributed by atoms with Crippen molar-refractivity contribution in [1.29, 1.82) is 0 Å². The second-order valence-corrected chi connectivity index (χ2v) is 3.05. The summed E-state index contributed by atoms with van der Waals surface area (Å²) >= 11 is 0. The van der Waals surface area contributed by atoms with Crippen LogP contribution in [0.3, 0.4) is 0 Å².